The van der Waals surface area contributed by atoms with Crippen molar-refractivity contribution in [2.24, 2.45) is 0 Å². The van der Waals surface area contributed by atoms with Crippen molar-refractivity contribution in [3.8, 4) is 0 Å². The van der Waals surface area contributed by atoms with E-state index < -0.39 is 0 Å². The molecular formula is C12H23FN2O. The van der Waals surface area contributed by atoms with E-state index in [-0.39, 0.29) is 11.2 Å². The van der Waals surface area contributed by atoms with Crippen molar-refractivity contribution >= 4 is 0 Å². The lowest BCUT2D eigenvalue weighted by atomic mass is 10.0. The fourth-order valence-corrected chi connectivity index (χ4v) is 1.54. The Balaban J connectivity index is 0.000000509. The van der Waals surface area contributed by atoms with Crippen LogP contribution in [0.1, 0.15) is 46.2 Å². The van der Waals surface area contributed by atoms with Crippen LogP contribution in [0.3, 0.4) is 0 Å². The van der Waals surface area contributed by atoms with Crippen molar-refractivity contribution in [3.63, 3.8) is 0 Å². The topological polar surface area (TPSA) is 37.9 Å². The fourth-order valence-electron chi connectivity index (χ4n) is 1.54. The number of halogens is 1. The first-order valence-corrected chi connectivity index (χ1v) is 5.97. The first-order valence-electron chi connectivity index (χ1n) is 5.97. The summed E-state index contributed by atoms with van der Waals surface area (Å²) in [5.41, 5.74) is 0.499. The van der Waals surface area contributed by atoms with Crippen LogP contribution in [0.5, 0.6) is 0 Å². The van der Waals surface area contributed by atoms with Gasteiger partial charge in [0.25, 0.3) is 0 Å². The number of rotatable bonds is 3. The van der Waals surface area contributed by atoms with Crippen LogP contribution in [-0.2, 0) is 10.2 Å². The van der Waals surface area contributed by atoms with Crippen LogP contribution in [0, 0.1) is 5.82 Å². The zero-order valence-electron chi connectivity index (χ0n) is 10.9. The van der Waals surface area contributed by atoms with E-state index in [1.54, 1.807) is 7.11 Å². The molecule has 1 aromatic heterocycles. The Morgan fingerprint density at radius 3 is 2.25 bits per heavy atom. The number of ether oxygens (including phenoxy) is 1. The molecule has 0 radical (unpaired) electrons. The molecule has 4 heteroatoms. The lowest BCUT2D eigenvalue weighted by Gasteiger charge is -2.10. The van der Waals surface area contributed by atoms with E-state index in [0.717, 1.165) is 12.8 Å². The predicted molar refractivity (Wildman–Crippen MR) is 64.0 cm³/mol. The molecule has 1 fully saturated rings. The third-order valence-electron chi connectivity index (χ3n) is 2.40. The molecule has 3 nitrogen and oxygen atoms in total. The molecule has 0 amide bonds. The van der Waals surface area contributed by atoms with Crippen LogP contribution >= 0.6 is 0 Å². The van der Waals surface area contributed by atoms with Crippen LogP contribution in [0.25, 0.3) is 0 Å². The van der Waals surface area contributed by atoms with Crippen LogP contribution in [0.2, 0.25) is 0 Å². The third kappa shape index (κ3) is 3.30. The molecule has 1 aliphatic carbocycles. The van der Waals surface area contributed by atoms with E-state index in [4.69, 9.17) is 4.74 Å². The zero-order chi connectivity index (χ0) is 12.6. The van der Waals surface area contributed by atoms with Gasteiger partial charge in [-0.3, -0.25) is 5.10 Å². The van der Waals surface area contributed by atoms with Crippen LogP contribution in [0.4, 0.5) is 4.39 Å². The highest BCUT2D eigenvalue weighted by Gasteiger charge is 2.47. The molecule has 0 saturated heterocycles. The monoisotopic (exact) mass is 230 g/mol. The van der Waals surface area contributed by atoms with E-state index in [1.807, 2.05) is 27.7 Å². The average molecular weight is 230 g/mol. The van der Waals surface area contributed by atoms with Gasteiger partial charge in [-0.1, -0.05) is 27.7 Å². The number of nitrogens with one attached hydrogen (secondary N) is 1. The summed E-state index contributed by atoms with van der Waals surface area (Å²) in [6, 6.07) is 0. The number of hydrogen-bond donors (Lipinski definition) is 1. The smallest absolute Gasteiger partial charge is 0.164 e. The van der Waals surface area contributed by atoms with E-state index in [0.29, 0.717) is 12.3 Å². The van der Waals surface area contributed by atoms with Crippen molar-refractivity contribution < 1.29 is 9.13 Å². The molecular weight excluding hydrogens is 207 g/mol. The van der Waals surface area contributed by atoms with Crippen molar-refractivity contribution in [2.75, 3.05) is 13.7 Å². The molecule has 1 heterocycles. The van der Waals surface area contributed by atoms with Gasteiger partial charge in [0.1, 0.15) is 0 Å². The summed E-state index contributed by atoms with van der Waals surface area (Å²) >= 11 is 0. The van der Waals surface area contributed by atoms with Gasteiger partial charge >= 0.3 is 0 Å². The second-order valence-electron chi connectivity index (χ2n) is 3.31. The first kappa shape index (κ1) is 15.1. The second-order valence-corrected chi connectivity index (χ2v) is 3.31. The Bertz CT molecular complexity index is 282. The lowest BCUT2D eigenvalue weighted by Crippen LogP contribution is -2.15. The lowest BCUT2D eigenvalue weighted by molar-refractivity contribution is 0.168. The molecule has 0 spiro atoms. The van der Waals surface area contributed by atoms with Crippen molar-refractivity contribution in [3.05, 3.63) is 17.7 Å². The number of H-pyrrole nitrogens is 1. The predicted octanol–water partition coefficient (Wildman–Crippen LogP) is 3.28. The molecule has 1 aromatic rings. The Labute approximate surface area is 97.4 Å². The number of aromatic nitrogens is 2. The quantitative estimate of drug-likeness (QED) is 0.865. The van der Waals surface area contributed by atoms with E-state index in [1.165, 1.54) is 6.20 Å². The Morgan fingerprint density at radius 2 is 1.94 bits per heavy atom. The van der Waals surface area contributed by atoms with Crippen molar-refractivity contribution in [1.29, 1.82) is 0 Å². The minimum Gasteiger partial charge on any atom is -0.384 e. The maximum atomic E-state index is 13.1. The highest BCUT2D eigenvalue weighted by molar-refractivity contribution is 5.24. The number of hydrogen-bond acceptors (Lipinski definition) is 2. The Morgan fingerprint density at radius 1 is 1.38 bits per heavy atom. The van der Waals surface area contributed by atoms with Gasteiger partial charge in [-0.25, -0.2) is 4.39 Å². The van der Waals surface area contributed by atoms with E-state index in [2.05, 4.69) is 10.2 Å². The minimum atomic E-state index is -0.246. The minimum absolute atomic E-state index is 0.102. The first-order chi connectivity index (χ1) is 7.78. The average Bonchev–Trinajstić information content (AvgIpc) is 2.98. The molecule has 0 aromatic carbocycles. The van der Waals surface area contributed by atoms with Crippen LogP contribution in [-0.4, -0.2) is 23.9 Å². The van der Waals surface area contributed by atoms with Crippen LogP contribution in [0.15, 0.2) is 6.20 Å². The summed E-state index contributed by atoms with van der Waals surface area (Å²) in [6.45, 7) is 8.58. The van der Waals surface area contributed by atoms with Gasteiger partial charge in [-0.15, -0.1) is 0 Å². The Kier molecular flexibility index (Phi) is 6.97. The molecule has 1 N–H and O–H groups in total. The summed E-state index contributed by atoms with van der Waals surface area (Å²) in [5.74, 6) is -0.246. The molecule has 94 valence electrons. The summed E-state index contributed by atoms with van der Waals surface area (Å²) in [6.07, 6.45) is 3.19. The molecule has 1 aliphatic rings. The molecule has 16 heavy (non-hydrogen) atoms. The molecule has 0 aliphatic heterocycles. The van der Waals surface area contributed by atoms with Gasteiger partial charge in [0.2, 0.25) is 0 Å². The van der Waals surface area contributed by atoms with Crippen molar-refractivity contribution in [2.45, 2.75) is 46.0 Å². The number of nitrogens with zero attached hydrogens (tertiary/aromatic N) is 1. The van der Waals surface area contributed by atoms with Gasteiger partial charge in [0.15, 0.2) is 5.82 Å². The SMILES string of the molecule is CC.CC.COCC1(c2[nH]ncc2F)CC1. The zero-order valence-corrected chi connectivity index (χ0v) is 10.9. The van der Waals surface area contributed by atoms with Crippen LogP contribution < -0.4 is 0 Å². The summed E-state index contributed by atoms with van der Waals surface area (Å²) in [5, 5.41) is 6.34. The van der Waals surface area contributed by atoms with Gasteiger partial charge in [-0.05, 0) is 12.8 Å². The summed E-state index contributed by atoms with van der Waals surface area (Å²) < 4.78 is 18.1. The highest BCUT2D eigenvalue weighted by atomic mass is 19.1. The third-order valence-corrected chi connectivity index (χ3v) is 2.40. The number of methoxy groups -OCH3 is 1. The molecule has 2 rings (SSSR count). The maximum Gasteiger partial charge on any atom is 0.164 e. The van der Waals surface area contributed by atoms with Gasteiger partial charge in [0, 0.05) is 12.5 Å². The van der Waals surface area contributed by atoms with E-state index >= 15 is 0 Å². The maximum absolute atomic E-state index is 13.1. The standard InChI is InChI=1S/C8H11FN2O.2C2H6/c1-12-5-8(2-3-8)7-6(9)4-10-11-7;2*1-2/h4H,2-3,5H2,1H3,(H,10,11);2*1-2H3. The molecule has 0 unspecified atom stereocenters. The van der Waals surface area contributed by atoms with E-state index in [9.17, 15) is 4.39 Å². The normalized spacial score (nSPS) is 15.4. The number of aromatic amines is 1. The Hall–Kier alpha value is -0.900. The summed E-state index contributed by atoms with van der Waals surface area (Å²) in [4.78, 5) is 0. The largest absolute Gasteiger partial charge is 0.384 e. The van der Waals surface area contributed by atoms with Gasteiger partial charge < -0.3 is 4.74 Å². The highest BCUT2D eigenvalue weighted by Crippen LogP contribution is 2.48. The van der Waals surface area contributed by atoms with Gasteiger partial charge in [-0.2, -0.15) is 5.10 Å². The molecule has 0 atom stereocenters. The fraction of sp³-hybridized carbons (Fsp3) is 0.750. The van der Waals surface area contributed by atoms with Crippen molar-refractivity contribution in [1.82, 2.24) is 10.2 Å². The second kappa shape index (κ2) is 7.39. The van der Waals surface area contributed by atoms with Gasteiger partial charge in [0.05, 0.1) is 18.5 Å². The summed E-state index contributed by atoms with van der Waals surface area (Å²) in [7, 11) is 1.63. The molecule has 0 bridgehead atoms. The molecule has 1 saturated carbocycles.